The summed E-state index contributed by atoms with van der Waals surface area (Å²) in [5, 5.41) is 0. The van der Waals surface area contributed by atoms with Crippen molar-refractivity contribution in [3.05, 3.63) is 10.3 Å². The van der Waals surface area contributed by atoms with E-state index in [1.807, 2.05) is 0 Å². The third-order valence-corrected chi connectivity index (χ3v) is 10.8. The van der Waals surface area contributed by atoms with Crippen LogP contribution in [0.2, 0.25) is 0 Å². The van der Waals surface area contributed by atoms with E-state index >= 15 is 0 Å². The number of rotatable bonds is 5. The lowest BCUT2D eigenvalue weighted by atomic mass is 10.7. The summed E-state index contributed by atoms with van der Waals surface area (Å²) in [4.78, 5) is 0. The molecule has 0 heterocycles. The zero-order valence-corrected chi connectivity index (χ0v) is 16.4. The number of halogens is 12. The molecular formula is C7H2F12O8S4. The second-order valence-electron chi connectivity index (χ2n) is 4.73. The smallest absolute Gasteiger partial charge is 0.218 e. The Morgan fingerprint density at radius 1 is 0.484 bits per heavy atom. The maximum absolute atomic E-state index is 12.5. The zero-order valence-electron chi connectivity index (χ0n) is 13.1. The van der Waals surface area contributed by atoms with Gasteiger partial charge in [-0.25, -0.2) is 33.7 Å². The van der Waals surface area contributed by atoms with Crippen LogP contribution in [0.15, 0.2) is 10.3 Å². The highest BCUT2D eigenvalue weighted by Crippen LogP contribution is 2.42. The van der Waals surface area contributed by atoms with E-state index < -0.39 is 76.3 Å². The molecule has 0 saturated heterocycles. The second-order valence-corrected chi connectivity index (χ2v) is 13.2. The van der Waals surface area contributed by atoms with Crippen LogP contribution in [-0.4, -0.2) is 60.3 Å². The van der Waals surface area contributed by atoms with Gasteiger partial charge in [0.15, 0.2) is 4.24 Å². The van der Waals surface area contributed by atoms with Gasteiger partial charge in [0, 0.05) is 0 Å². The fourth-order valence-corrected chi connectivity index (χ4v) is 7.57. The molecule has 0 saturated carbocycles. The molecule has 0 unspecified atom stereocenters. The molecule has 8 nitrogen and oxygen atoms in total. The molecule has 31 heavy (non-hydrogen) atoms. The lowest BCUT2D eigenvalue weighted by Crippen LogP contribution is -2.45. The highest BCUT2D eigenvalue weighted by atomic mass is 32.3. The van der Waals surface area contributed by atoms with Crippen molar-refractivity contribution in [3.8, 4) is 0 Å². The summed E-state index contributed by atoms with van der Waals surface area (Å²) in [6.45, 7) is 0. The Morgan fingerprint density at radius 2 is 0.710 bits per heavy atom. The fraction of sp³-hybridized carbons (Fsp3) is 0.714. The molecule has 24 heteroatoms. The van der Waals surface area contributed by atoms with Gasteiger partial charge in [-0.1, -0.05) is 0 Å². The van der Waals surface area contributed by atoms with Crippen molar-refractivity contribution in [2.24, 2.45) is 0 Å². The Bertz CT molecular complexity index is 1070. The number of hydrogen-bond acceptors (Lipinski definition) is 8. The molecule has 0 aliphatic carbocycles. The molecule has 0 fully saturated rings. The number of hydrogen-bond donors (Lipinski definition) is 0. The molecule has 0 aliphatic rings. The van der Waals surface area contributed by atoms with Crippen LogP contribution in [0, 0.1) is 0 Å². The Kier molecular flexibility index (Phi) is 7.32. The highest BCUT2D eigenvalue weighted by Gasteiger charge is 2.65. The van der Waals surface area contributed by atoms with Gasteiger partial charge >= 0.3 is 22.0 Å². The lowest BCUT2D eigenvalue weighted by molar-refractivity contribution is -0.0468. The van der Waals surface area contributed by atoms with Gasteiger partial charge in [0.25, 0.3) is 39.3 Å². The van der Waals surface area contributed by atoms with E-state index in [0.717, 1.165) is 0 Å². The minimum absolute atomic E-state index is 2.46. The molecule has 186 valence electrons. The van der Waals surface area contributed by atoms with Gasteiger partial charge in [-0.3, -0.25) is 0 Å². The van der Waals surface area contributed by atoms with E-state index in [-0.39, 0.29) is 0 Å². The van der Waals surface area contributed by atoms with Gasteiger partial charge in [0.05, 0.1) is 0 Å². The Labute approximate surface area is 163 Å². The normalized spacial score (nSPS) is 15.8. The van der Waals surface area contributed by atoms with Crippen LogP contribution in [0.5, 0.6) is 0 Å². The van der Waals surface area contributed by atoms with Crippen molar-refractivity contribution in [1.82, 2.24) is 0 Å². The second kappa shape index (κ2) is 7.64. The quantitative estimate of drug-likeness (QED) is 0.458. The van der Waals surface area contributed by atoms with Crippen LogP contribution < -0.4 is 0 Å². The number of sulfone groups is 4. The van der Waals surface area contributed by atoms with E-state index in [0.29, 0.717) is 0 Å². The van der Waals surface area contributed by atoms with E-state index in [1.165, 1.54) is 0 Å². The van der Waals surface area contributed by atoms with Gasteiger partial charge in [-0.05, 0) is 6.08 Å². The summed E-state index contributed by atoms with van der Waals surface area (Å²) in [6.07, 6.45) is -2.46. The highest BCUT2D eigenvalue weighted by molar-refractivity contribution is 8.15. The van der Waals surface area contributed by atoms with Crippen LogP contribution in [0.25, 0.3) is 0 Å². The van der Waals surface area contributed by atoms with Crippen molar-refractivity contribution < 1.29 is 86.4 Å². The minimum atomic E-state index is -8.10. The van der Waals surface area contributed by atoms with Crippen molar-refractivity contribution in [2.75, 3.05) is 0 Å². The summed E-state index contributed by atoms with van der Waals surface area (Å²) in [5.41, 5.74) is -28.7. The molecule has 0 aromatic carbocycles. The average Bonchev–Trinajstić information content (AvgIpc) is 2.41. The molecule has 0 aliphatic heterocycles. The van der Waals surface area contributed by atoms with E-state index in [1.54, 1.807) is 0 Å². The first-order valence-corrected chi connectivity index (χ1v) is 12.0. The predicted octanol–water partition coefficient (Wildman–Crippen LogP) is 1.89. The van der Waals surface area contributed by atoms with Gasteiger partial charge in [0.1, 0.15) is 0 Å². The third-order valence-electron chi connectivity index (χ3n) is 2.67. The summed E-state index contributed by atoms with van der Waals surface area (Å²) < 4.78 is 229. The molecule has 0 aromatic rings. The van der Waals surface area contributed by atoms with Gasteiger partial charge < -0.3 is 0 Å². The first-order chi connectivity index (χ1) is 13.0. The molecule has 0 aromatic heterocycles. The van der Waals surface area contributed by atoms with E-state index in [2.05, 4.69) is 0 Å². The Morgan fingerprint density at radius 3 is 0.871 bits per heavy atom. The molecule has 0 amide bonds. The maximum atomic E-state index is 12.5. The van der Waals surface area contributed by atoms with Crippen molar-refractivity contribution in [2.45, 2.75) is 26.6 Å². The third kappa shape index (κ3) is 5.20. The first kappa shape index (κ1) is 29.7. The van der Waals surface area contributed by atoms with Crippen molar-refractivity contribution in [3.63, 3.8) is 0 Å². The summed E-state index contributed by atoms with van der Waals surface area (Å²) in [5.74, 6) is 0. The molecule has 0 rings (SSSR count). The Hall–Kier alpha value is -1.30. The van der Waals surface area contributed by atoms with Crippen LogP contribution in [-0.2, 0) is 39.3 Å². The standard InChI is InChI=1S/C7H2F12O8S4/c8-4(9,10)28(20,21)2(29(22,23)5(11,12)13)1-3(30(24,25)6(14,15)16)31(26,27)7(17,18)19/h1-2H. The summed E-state index contributed by atoms with van der Waals surface area (Å²) in [6, 6.07) is 0. The molecule has 0 atom stereocenters. The van der Waals surface area contributed by atoms with E-state index in [4.69, 9.17) is 0 Å². The van der Waals surface area contributed by atoms with Crippen molar-refractivity contribution in [1.29, 1.82) is 0 Å². The average molecular weight is 570 g/mol. The summed E-state index contributed by atoms with van der Waals surface area (Å²) >= 11 is 0. The van der Waals surface area contributed by atoms with Crippen molar-refractivity contribution >= 4 is 39.3 Å². The molecule has 0 bridgehead atoms. The number of alkyl halides is 12. The SMILES string of the molecule is O=S(=O)(C(=CC(S(=O)(=O)C(F)(F)F)S(=O)(=O)C(F)(F)F)S(=O)(=O)C(F)(F)F)C(F)(F)F. The predicted molar refractivity (Wildman–Crippen MR) is 71.8 cm³/mol. The monoisotopic (exact) mass is 570 g/mol. The topological polar surface area (TPSA) is 137 Å². The maximum Gasteiger partial charge on any atom is 0.502 e. The molecule has 0 N–H and O–H groups in total. The minimum Gasteiger partial charge on any atom is -0.218 e. The first-order valence-electron chi connectivity index (χ1n) is 5.92. The van der Waals surface area contributed by atoms with Gasteiger partial charge in [0.2, 0.25) is 4.58 Å². The fourth-order valence-electron chi connectivity index (χ4n) is 1.27. The molecular weight excluding hydrogens is 568 g/mol. The molecule has 0 spiro atoms. The van der Waals surface area contributed by atoms with E-state index in [9.17, 15) is 86.4 Å². The van der Waals surface area contributed by atoms with Crippen LogP contribution in [0.1, 0.15) is 0 Å². The van der Waals surface area contributed by atoms with Crippen LogP contribution >= 0.6 is 0 Å². The van der Waals surface area contributed by atoms with Gasteiger partial charge in [-0.15, -0.1) is 0 Å². The van der Waals surface area contributed by atoms with Crippen LogP contribution in [0.4, 0.5) is 52.7 Å². The molecule has 0 radical (unpaired) electrons. The Balaban J connectivity index is 7.98. The summed E-state index contributed by atoms with van der Waals surface area (Å²) in [7, 11) is -32.3. The van der Waals surface area contributed by atoms with Gasteiger partial charge in [-0.2, -0.15) is 52.7 Å². The zero-order chi connectivity index (χ0) is 25.9. The largest absolute Gasteiger partial charge is 0.502 e. The van der Waals surface area contributed by atoms with Crippen LogP contribution in [0.3, 0.4) is 0 Å². The lowest BCUT2D eigenvalue weighted by Gasteiger charge is -2.20.